The summed E-state index contributed by atoms with van der Waals surface area (Å²) in [5.74, 6) is 0. The Hall–Kier alpha value is -0.610. The number of benzene rings is 1. The third-order valence-corrected chi connectivity index (χ3v) is 3.92. The zero-order chi connectivity index (χ0) is 14.0. The fourth-order valence-corrected chi connectivity index (χ4v) is 2.78. The summed E-state index contributed by atoms with van der Waals surface area (Å²) in [6.07, 6.45) is -0.0284. The highest BCUT2D eigenvalue weighted by molar-refractivity contribution is 6.31. The lowest BCUT2D eigenvalue weighted by Gasteiger charge is -2.36. The minimum Gasteiger partial charge on any atom is -0.387 e. The fourth-order valence-electron chi connectivity index (χ4n) is 2.66. The molecule has 0 aromatic heterocycles. The summed E-state index contributed by atoms with van der Waals surface area (Å²) >= 11 is 6.01. The number of aliphatic hydroxyl groups is 1. The highest BCUT2D eigenvalue weighted by Gasteiger charge is 2.24. The minimum absolute atomic E-state index is 0.225. The Kier molecular flexibility index (Phi) is 4.85. The number of halogens is 1. The largest absolute Gasteiger partial charge is 0.387 e. The van der Waals surface area contributed by atoms with Gasteiger partial charge in [0.25, 0.3) is 0 Å². The maximum atomic E-state index is 10.3. The van der Waals surface area contributed by atoms with Crippen LogP contribution in [-0.2, 0) is 4.74 Å². The lowest BCUT2D eigenvalue weighted by atomic mass is 10.1. The van der Waals surface area contributed by atoms with Crippen molar-refractivity contribution in [3.8, 4) is 0 Å². The third-order valence-electron chi connectivity index (χ3n) is 3.49. The topological polar surface area (TPSA) is 32.7 Å². The van der Waals surface area contributed by atoms with Crippen molar-refractivity contribution in [2.45, 2.75) is 39.1 Å². The van der Waals surface area contributed by atoms with Crippen LogP contribution in [0.5, 0.6) is 0 Å². The summed E-state index contributed by atoms with van der Waals surface area (Å²) in [5.41, 5.74) is 1.93. The quantitative estimate of drug-likeness (QED) is 0.926. The van der Waals surface area contributed by atoms with Gasteiger partial charge in [0.2, 0.25) is 0 Å². The number of morpholine rings is 1. The lowest BCUT2D eigenvalue weighted by molar-refractivity contribution is -0.0767. The number of aliphatic hydroxyl groups excluding tert-OH is 1. The van der Waals surface area contributed by atoms with Crippen molar-refractivity contribution in [2.24, 2.45) is 0 Å². The van der Waals surface area contributed by atoms with E-state index >= 15 is 0 Å². The molecule has 19 heavy (non-hydrogen) atoms. The summed E-state index contributed by atoms with van der Waals surface area (Å²) in [6, 6.07) is 5.70. The second kappa shape index (κ2) is 6.23. The van der Waals surface area contributed by atoms with Gasteiger partial charge in [0.1, 0.15) is 0 Å². The molecular weight excluding hydrogens is 262 g/mol. The van der Waals surface area contributed by atoms with Gasteiger partial charge in [-0.3, -0.25) is 4.90 Å². The third kappa shape index (κ3) is 3.93. The van der Waals surface area contributed by atoms with Crippen molar-refractivity contribution in [2.75, 3.05) is 19.6 Å². The standard InChI is InChI=1S/C15H22ClNO2/c1-10-6-13(4-5-14(10)16)15(18)9-17-7-11(2)19-12(3)8-17/h4-6,11-12,15,18H,7-9H2,1-3H3. The molecule has 0 amide bonds. The Morgan fingerprint density at radius 2 is 2.00 bits per heavy atom. The molecule has 1 N–H and O–H groups in total. The van der Waals surface area contributed by atoms with Gasteiger partial charge in [-0.05, 0) is 38.0 Å². The second-order valence-electron chi connectivity index (χ2n) is 5.50. The number of nitrogens with zero attached hydrogens (tertiary/aromatic N) is 1. The van der Waals surface area contributed by atoms with E-state index in [0.29, 0.717) is 6.54 Å². The van der Waals surface area contributed by atoms with E-state index in [1.165, 1.54) is 0 Å². The van der Waals surface area contributed by atoms with E-state index in [4.69, 9.17) is 16.3 Å². The van der Waals surface area contributed by atoms with Gasteiger partial charge in [-0.25, -0.2) is 0 Å². The zero-order valence-electron chi connectivity index (χ0n) is 11.8. The summed E-state index contributed by atoms with van der Waals surface area (Å²) in [5, 5.41) is 11.1. The Bertz CT molecular complexity index is 428. The maximum Gasteiger partial charge on any atom is 0.0917 e. The Morgan fingerprint density at radius 1 is 1.37 bits per heavy atom. The van der Waals surface area contributed by atoms with E-state index in [9.17, 15) is 5.11 Å². The van der Waals surface area contributed by atoms with E-state index in [1.807, 2.05) is 25.1 Å². The average molecular weight is 284 g/mol. The van der Waals surface area contributed by atoms with Crippen LogP contribution >= 0.6 is 11.6 Å². The smallest absolute Gasteiger partial charge is 0.0917 e. The highest BCUT2D eigenvalue weighted by atomic mass is 35.5. The molecule has 3 unspecified atom stereocenters. The number of β-amino-alcohol motifs (C(OH)–C–C–N with tert-alkyl or cyclic N) is 1. The summed E-state index contributed by atoms with van der Waals surface area (Å²) in [7, 11) is 0. The molecule has 2 rings (SSSR count). The molecule has 1 heterocycles. The normalized spacial score (nSPS) is 26.4. The minimum atomic E-state index is -0.478. The first-order chi connectivity index (χ1) is 8.95. The number of hydrogen-bond acceptors (Lipinski definition) is 3. The number of ether oxygens (including phenoxy) is 1. The van der Waals surface area contributed by atoms with Crippen LogP contribution in [0.25, 0.3) is 0 Å². The Morgan fingerprint density at radius 3 is 2.58 bits per heavy atom. The fraction of sp³-hybridized carbons (Fsp3) is 0.600. The molecule has 0 aliphatic carbocycles. The maximum absolute atomic E-state index is 10.3. The van der Waals surface area contributed by atoms with Gasteiger partial charge in [0, 0.05) is 24.7 Å². The number of aryl methyl sites for hydroxylation is 1. The molecule has 4 heteroatoms. The monoisotopic (exact) mass is 283 g/mol. The Balaban J connectivity index is 2.00. The van der Waals surface area contributed by atoms with Gasteiger partial charge in [-0.15, -0.1) is 0 Å². The highest BCUT2D eigenvalue weighted by Crippen LogP contribution is 2.22. The zero-order valence-corrected chi connectivity index (χ0v) is 12.5. The first-order valence-electron chi connectivity index (χ1n) is 6.77. The first kappa shape index (κ1) is 14.8. The first-order valence-corrected chi connectivity index (χ1v) is 7.15. The number of hydrogen-bond donors (Lipinski definition) is 1. The molecule has 1 aromatic carbocycles. The molecule has 3 nitrogen and oxygen atoms in total. The van der Waals surface area contributed by atoms with Gasteiger partial charge in [-0.2, -0.15) is 0 Å². The van der Waals surface area contributed by atoms with Gasteiger partial charge in [-0.1, -0.05) is 23.7 Å². The molecule has 0 radical (unpaired) electrons. The van der Waals surface area contributed by atoms with Gasteiger partial charge in [0.15, 0.2) is 0 Å². The van der Waals surface area contributed by atoms with Crippen molar-refractivity contribution >= 4 is 11.6 Å². The summed E-state index contributed by atoms with van der Waals surface area (Å²) in [6.45, 7) is 8.47. The molecule has 0 spiro atoms. The van der Waals surface area contributed by atoms with Crippen LogP contribution in [0, 0.1) is 6.92 Å². The van der Waals surface area contributed by atoms with Crippen LogP contribution in [0.4, 0.5) is 0 Å². The van der Waals surface area contributed by atoms with Crippen molar-refractivity contribution < 1.29 is 9.84 Å². The second-order valence-corrected chi connectivity index (χ2v) is 5.91. The van der Waals surface area contributed by atoms with Crippen molar-refractivity contribution in [3.63, 3.8) is 0 Å². The summed E-state index contributed by atoms with van der Waals surface area (Å²) < 4.78 is 5.70. The van der Waals surface area contributed by atoms with E-state index in [0.717, 1.165) is 29.2 Å². The van der Waals surface area contributed by atoms with E-state index < -0.39 is 6.10 Å². The molecule has 1 aliphatic rings. The van der Waals surface area contributed by atoms with Crippen LogP contribution in [0.2, 0.25) is 5.02 Å². The molecule has 1 fully saturated rings. The molecule has 1 aromatic rings. The van der Waals surface area contributed by atoms with Gasteiger partial charge in [0.05, 0.1) is 18.3 Å². The van der Waals surface area contributed by atoms with Crippen LogP contribution in [0.1, 0.15) is 31.1 Å². The average Bonchev–Trinajstić information content (AvgIpc) is 2.31. The Labute approximate surface area is 120 Å². The van der Waals surface area contributed by atoms with Crippen LogP contribution < -0.4 is 0 Å². The molecule has 0 bridgehead atoms. The van der Waals surface area contributed by atoms with E-state index in [2.05, 4.69) is 18.7 Å². The molecule has 1 saturated heterocycles. The van der Waals surface area contributed by atoms with E-state index in [1.54, 1.807) is 0 Å². The summed E-state index contributed by atoms with van der Waals surface area (Å²) in [4.78, 5) is 2.26. The van der Waals surface area contributed by atoms with Crippen molar-refractivity contribution in [1.82, 2.24) is 4.90 Å². The molecule has 0 saturated carbocycles. The number of rotatable bonds is 3. The van der Waals surface area contributed by atoms with Gasteiger partial charge < -0.3 is 9.84 Å². The SMILES string of the molecule is Cc1cc(C(O)CN2CC(C)OC(C)C2)ccc1Cl. The van der Waals surface area contributed by atoms with Crippen molar-refractivity contribution in [1.29, 1.82) is 0 Å². The van der Waals surface area contributed by atoms with Crippen LogP contribution in [-0.4, -0.2) is 41.8 Å². The van der Waals surface area contributed by atoms with Gasteiger partial charge >= 0.3 is 0 Å². The molecule has 1 aliphatic heterocycles. The van der Waals surface area contributed by atoms with Crippen molar-refractivity contribution in [3.05, 3.63) is 34.3 Å². The molecular formula is C15H22ClNO2. The van der Waals surface area contributed by atoms with E-state index in [-0.39, 0.29) is 12.2 Å². The van der Waals surface area contributed by atoms with Crippen LogP contribution in [0.15, 0.2) is 18.2 Å². The lowest BCUT2D eigenvalue weighted by Crippen LogP contribution is -2.46. The molecule has 106 valence electrons. The molecule has 3 atom stereocenters. The predicted octanol–water partition coefficient (Wildman–Crippen LogP) is 2.79. The predicted molar refractivity (Wildman–Crippen MR) is 77.6 cm³/mol. The van der Waals surface area contributed by atoms with Crippen LogP contribution in [0.3, 0.4) is 0 Å².